The Balaban J connectivity index is 2.17. The monoisotopic (exact) mass is 522 g/mol. The van der Waals surface area contributed by atoms with Gasteiger partial charge in [0.2, 0.25) is 5.91 Å². The fraction of sp³-hybridized carbons (Fsp3) is 0.440. The molecule has 0 aliphatic carbocycles. The first kappa shape index (κ1) is 26.2. The Morgan fingerprint density at radius 3 is 2.31 bits per heavy atom. The molecule has 0 saturated carbocycles. The Labute approximate surface area is 204 Å². The second-order valence-electron chi connectivity index (χ2n) is 8.28. The molecular weight excluding hydrogens is 492 g/mol. The number of nitrogens with one attached hydrogen (secondary N) is 1. The molecule has 7 heteroatoms. The Bertz CT molecular complexity index is 918. The highest BCUT2D eigenvalue weighted by Crippen LogP contribution is 2.29. The number of carbonyl (C=O) groups is 2. The lowest BCUT2D eigenvalue weighted by Gasteiger charge is -2.29. The zero-order chi connectivity index (χ0) is 23.8. The lowest BCUT2D eigenvalue weighted by molar-refractivity contribution is -0.142. The van der Waals surface area contributed by atoms with Crippen molar-refractivity contribution in [2.45, 2.75) is 65.6 Å². The van der Waals surface area contributed by atoms with E-state index in [9.17, 15) is 9.59 Å². The second-order valence-corrected chi connectivity index (χ2v) is 9.57. The minimum Gasteiger partial charge on any atom is -0.483 e. The summed E-state index contributed by atoms with van der Waals surface area (Å²) in [6, 6.07) is 12.5. The van der Waals surface area contributed by atoms with E-state index in [0.717, 1.165) is 16.5 Å². The van der Waals surface area contributed by atoms with E-state index in [1.165, 1.54) is 10.5 Å². The summed E-state index contributed by atoms with van der Waals surface area (Å²) < 4.78 is 6.61. The summed E-state index contributed by atoms with van der Waals surface area (Å²) in [5.41, 5.74) is 2.06. The molecule has 32 heavy (non-hydrogen) atoms. The number of halogens is 2. The third-order valence-electron chi connectivity index (χ3n) is 5.41. The van der Waals surface area contributed by atoms with Crippen molar-refractivity contribution in [1.29, 1.82) is 0 Å². The summed E-state index contributed by atoms with van der Waals surface area (Å²) >= 11 is 9.51. The molecule has 0 heterocycles. The number of rotatable bonds is 10. The van der Waals surface area contributed by atoms with Gasteiger partial charge in [-0.25, -0.2) is 0 Å². The summed E-state index contributed by atoms with van der Waals surface area (Å²) in [4.78, 5) is 27.5. The summed E-state index contributed by atoms with van der Waals surface area (Å²) in [7, 11) is 0. The van der Waals surface area contributed by atoms with Crippen LogP contribution in [0.25, 0.3) is 0 Å². The van der Waals surface area contributed by atoms with E-state index < -0.39 is 6.04 Å². The quantitative estimate of drug-likeness (QED) is 0.419. The highest BCUT2D eigenvalue weighted by atomic mass is 79.9. The Morgan fingerprint density at radius 2 is 1.75 bits per heavy atom. The van der Waals surface area contributed by atoms with Gasteiger partial charge < -0.3 is 15.0 Å². The van der Waals surface area contributed by atoms with Gasteiger partial charge in [-0.1, -0.05) is 50.6 Å². The zero-order valence-electron chi connectivity index (χ0n) is 19.3. The van der Waals surface area contributed by atoms with Crippen molar-refractivity contribution >= 4 is 39.3 Å². The third-order valence-corrected chi connectivity index (χ3v) is 6.28. The van der Waals surface area contributed by atoms with Crippen LogP contribution in [0.1, 0.15) is 58.1 Å². The molecule has 0 unspecified atom stereocenters. The molecule has 0 saturated heterocycles. The molecule has 0 radical (unpaired) electrons. The number of amides is 2. The van der Waals surface area contributed by atoms with E-state index in [-0.39, 0.29) is 31.0 Å². The molecule has 1 N–H and O–H groups in total. The first-order valence-corrected chi connectivity index (χ1v) is 12.1. The van der Waals surface area contributed by atoms with Crippen LogP contribution >= 0.6 is 27.5 Å². The minimum absolute atomic E-state index is 0.0316. The van der Waals surface area contributed by atoms with Crippen molar-refractivity contribution < 1.29 is 14.3 Å². The van der Waals surface area contributed by atoms with Crippen LogP contribution in [-0.2, 0) is 16.1 Å². The molecule has 0 aliphatic rings. The molecule has 2 aromatic rings. The van der Waals surface area contributed by atoms with E-state index in [4.69, 9.17) is 16.3 Å². The average Bonchev–Trinajstić information content (AvgIpc) is 2.76. The van der Waals surface area contributed by atoms with Crippen molar-refractivity contribution in [3.63, 3.8) is 0 Å². The highest BCUT2D eigenvalue weighted by molar-refractivity contribution is 9.10. The van der Waals surface area contributed by atoms with Gasteiger partial charge in [0.1, 0.15) is 11.8 Å². The number of ether oxygens (including phenoxy) is 1. The number of benzene rings is 2. The minimum atomic E-state index is -0.650. The van der Waals surface area contributed by atoms with Crippen molar-refractivity contribution in [3.05, 3.63) is 63.1 Å². The lowest BCUT2D eigenvalue weighted by Crippen LogP contribution is -2.50. The molecule has 2 amide bonds. The number of carbonyl (C=O) groups excluding carboxylic acids is 2. The van der Waals surface area contributed by atoms with Gasteiger partial charge in [0.15, 0.2) is 6.61 Å². The summed E-state index contributed by atoms with van der Waals surface area (Å²) in [5.74, 6) is 0.517. The highest BCUT2D eigenvalue weighted by Gasteiger charge is 2.27. The molecule has 5 nitrogen and oxygen atoms in total. The van der Waals surface area contributed by atoms with Gasteiger partial charge in [0.05, 0.1) is 4.47 Å². The zero-order valence-corrected chi connectivity index (χ0v) is 21.7. The third kappa shape index (κ3) is 7.52. The molecule has 0 aromatic heterocycles. The summed E-state index contributed by atoms with van der Waals surface area (Å²) in [6.07, 6.45) is 0.813. The Morgan fingerprint density at radius 1 is 1.09 bits per heavy atom. The summed E-state index contributed by atoms with van der Waals surface area (Å²) in [5, 5.41) is 3.57. The maximum absolute atomic E-state index is 13.2. The molecule has 2 rings (SSSR count). The molecule has 2 atom stereocenters. The largest absolute Gasteiger partial charge is 0.483 e. The van der Waals surface area contributed by atoms with Crippen LogP contribution in [0, 0.1) is 0 Å². The van der Waals surface area contributed by atoms with Crippen molar-refractivity contribution in [2.75, 3.05) is 6.61 Å². The number of hydrogen-bond donors (Lipinski definition) is 1. The summed E-state index contributed by atoms with van der Waals surface area (Å²) in [6.45, 7) is 10.0. The van der Waals surface area contributed by atoms with E-state index in [1.54, 1.807) is 19.1 Å². The predicted molar refractivity (Wildman–Crippen MR) is 133 cm³/mol. The maximum Gasteiger partial charge on any atom is 0.261 e. The van der Waals surface area contributed by atoms with Crippen molar-refractivity contribution in [3.8, 4) is 5.75 Å². The van der Waals surface area contributed by atoms with E-state index in [2.05, 4.69) is 35.1 Å². The van der Waals surface area contributed by atoms with Crippen LogP contribution in [0.15, 0.2) is 46.9 Å². The van der Waals surface area contributed by atoms with Gasteiger partial charge in [-0.15, -0.1) is 0 Å². The average molecular weight is 524 g/mol. The number of hydrogen-bond acceptors (Lipinski definition) is 3. The van der Waals surface area contributed by atoms with E-state index in [0.29, 0.717) is 16.7 Å². The van der Waals surface area contributed by atoms with Crippen LogP contribution in [0.4, 0.5) is 0 Å². The molecule has 0 bridgehead atoms. The van der Waals surface area contributed by atoms with E-state index >= 15 is 0 Å². The second kappa shape index (κ2) is 12.3. The first-order chi connectivity index (χ1) is 15.1. The Hall–Kier alpha value is -2.05. The molecule has 0 spiro atoms. The van der Waals surface area contributed by atoms with Crippen LogP contribution in [0.5, 0.6) is 5.75 Å². The standard InChI is InChI=1S/C25H32BrClN2O3/c1-6-17(4)28-25(31)18(5)29(14-19-7-10-21(27)11-8-19)24(30)15-32-23-12-9-20(16(2)3)13-22(23)26/h7-13,16-18H,6,14-15H2,1-5H3,(H,28,31)/t17-,18-/m0/s1. The van der Waals surface area contributed by atoms with Crippen LogP contribution in [0.2, 0.25) is 5.02 Å². The molecule has 0 aliphatic heterocycles. The van der Waals surface area contributed by atoms with Gasteiger partial charge in [-0.3, -0.25) is 9.59 Å². The topological polar surface area (TPSA) is 58.6 Å². The molecule has 174 valence electrons. The Kier molecular flexibility index (Phi) is 10.0. The number of nitrogens with zero attached hydrogens (tertiary/aromatic N) is 1. The normalized spacial score (nSPS) is 12.9. The van der Waals surface area contributed by atoms with Crippen LogP contribution in [-0.4, -0.2) is 35.4 Å². The molecular formula is C25H32BrClN2O3. The van der Waals surface area contributed by atoms with E-state index in [1.807, 2.05) is 44.2 Å². The smallest absolute Gasteiger partial charge is 0.261 e. The van der Waals surface area contributed by atoms with Gasteiger partial charge in [-0.05, 0) is 77.5 Å². The van der Waals surface area contributed by atoms with Gasteiger partial charge in [0, 0.05) is 17.6 Å². The first-order valence-electron chi connectivity index (χ1n) is 10.9. The van der Waals surface area contributed by atoms with Gasteiger partial charge >= 0.3 is 0 Å². The fourth-order valence-corrected chi connectivity index (χ4v) is 3.69. The van der Waals surface area contributed by atoms with Crippen molar-refractivity contribution in [1.82, 2.24) is 10.2 Å². The fourth-order valence-electron chi connectivity index (χ4n) is 3.05. The van der Waals surface area contributed by atoms with Gasteiger partial charge in [0.25, 0.3) is 5.91 Å². The van der Waals surface area contributed by atoms with Gasteiger partial charge in [-0.2, -0.15) is 0 Å². The lowest BCUT2D eigenvalue weighted by atomic mass is 10.0. The van der Waals surface area contributed by atoms with Crippen LogP contribution in [0.3, 0.4) is 0 Å². The molecule has 0 fully saturated rings. The van der Waals surface area contributed by atoms with Crippen LogP contribution < -0.4 is 10.1 Å². The SMILES string of the molecule is CC[C@H](C)NC(=O)[C@H](C)N(Cc1ccc(Cl)cc1)C(=O)COc1ccc(C(C)C)cc1Br. The maximum atomic E-state index is 13.2. The predicted octanol–water partition coefficient (Wildman–Crippen LogP) is 5.94. The van der Waals surface area contributed by atoms with Crippen molar-refractivity contribution in [2.24, 2.45) is 0 Å². The molecule has 2 aromatic carbocycles.